The molecule has 3 rings (SSSR count). The first-order valence-electron chi connectivity index (χ1n) is 8.51. The molecule has 0 saturated heterocycles. The van der Waals surface area contributed by atoms with Crippen molar-refractivity contribution in [3.8, 4) is 17.2 Å². The van der Waals surface area contributed by atoms with E-state index in [-0.39, 0.29) is 11.6 Å². The highest BCUT2D eigenvalue weighted by Crippen LogP contribution is 2.40. The second-order valence-corrected chi connectivity index (χ2v) is 5.77. The predicted molar refractivity (Wildman–Crippen MR) is 106 cm³/mol. The average Bonchev–Trinajstić information content (AvgIpc) is 2.73. The molecule has 29 heavy (non-hydrogen) atoms. The van der Waals surface area contributed by atoms with Gasteiger partial charge in [0.15, 0.2) is 11.5 Å². The van der Waals surface area contributed by atoms with E-state index in [1.165, 1.54) is 45.7 Å². The van der Waals surface area contributed by atoms with Gasteiger partial charge in [0.05, 0.1) is 21.3 Å². The van der Waals surface area contributed by atoms with Crippen molar-refractivity contribution < 1.29 is 23.4 Å². The van der Waals surface area contributed by atoms with Gasteiger partial charge in [0.1, 0.15) is 11.5 Å². The summed E-state index contributed by atoms with van der Waals surface area (Å²) in [6, 6.07) is 10.5. The SMILES string of the molecule is COc1cc(NC(=O)c2ccnc(Nc3cccc(F)c3)n2)cc(OC)c1OC. The maximum atomic E-state index is 13.3. The smallest absolute Gasteiger partial charge is 0.274 e. The molecule has 8 nitrogen and oxygen atoms in total. The van der Waals surface area contributed by atoms with E-state index in [4.69, 9.17) is 14.2 Å². The summed E-state index contributed by atoms with van der Waals surface area (Å²) >= 11 is 0. The minimum Gasteiger partial charge on any atom is -0.493 e. The van der Waals surface area contributed by atoms with Crippen LogP contribution in [0.5, 0.6) is 17.2 Å². The van der Waals surface area contributed by atoms with Crippen LogP contribution < -0.4 is 24.8 Å². The lowest BCUT2D eigenvalue weighted by Gasteiger charge is -2.14. The highest BCUT2D eigenvalue weighted by Gasteiger charge is 2.16. The number of ether oxygens (including phenoxy) is 3. The Morgan fingerprint density at radius 2 is 1.69 bits per heavy atom. The van der Waals surface area contributed by atoms with Gasteiger partial charge >= 0.3 is 0 Å². The van der Waals surface area contributed by atoms with Crippen LogP contribution in [-0.2, 0) is 0 Å². The number of methoxy groups -OCH3 is 3. The molecule has 0 saturated carbocycles. The number of carbonyl (C=O) groups excluding carboxylic acids is 1. The fourth-order valence-corrected chi connectivity index (χ4v) is 2.59. The van der Waals surface area contributed by atoms with E-state index in [2.05, 4.69) is 20.6 Å². The fraction of sp³-hybridized carbons (Fsp3) is 0.150. The molecule has 2 N–H and O–H groups in total. The van der Waals surface area contributed by atoms with Crippen molar-refractivity contribution in [2.45, 2.75) is 0 Å². The molecule has 0 radical (unpaired) electrons. The second kappa shape index (κ2) is 8.87. The Balaban J connectivity index is 1.81. The maximum absolute atomic E-state index is 13.3. The Kier molecular flexibility index (Phi) is 6.08. The van der Waals surface area contributed by atoms with Crippen molar-refractivity contribution in [2.24, 2.45) is 0 Å². The van der Waals surface area contributed by atoms with E-state index in [1.54, 1.807) is 24.3 Å². The number of carbonyl (C=O) groups is 1. The zero-order chi connectivity index (χ0) is 20.8. The Hall–Kier alpha value is -3.88. The average molecular weight is 398 g/mol. The fourth-order valence-electron chi connectivity index (χ4n) is 2.59. The van der Waals surface area contributed by atoms with E-state index in [1.807, 2.05) is 0 Å². The van der Waals surface area contributed by atoms with Crippen LogP contribution in [0.15, 0.2) is 48.7 Å². The molecule has 9 heteroatoms. The Morgan fingerprint density at radius 1 is 0.966 bits per heavy atom. The number of amides is 1. The number of aromatic nitrogens is 2. The highest BCUT2D eigenvalue weighted by molar-refractivity contribution is 6.03. The molecule has 3 aromatic rings. The van der Waals surface area contributed by atoms with Crippen molar-refractivity contribution in [3.05, 3.63) is 60.2 Å². The molecule has 0 aliphatic carbocycles. The molecule has 0 spiro atoms. The van der Waals surface area contributed by atoms with Gasteiger partial charge in [0, 0.05) is 29.7 Å². The van der Waals surface area contributed by atoms with Crippen LogP contribution in [0, 0.1) is 5.82 Å². The van der Waals surface area contributed by atoms with Gasteiger partial charge in [0.2, 0.25) is 11.7 Å². The summed E-state index contributed by atoms with van der Waals surface area (Å²) in [5.74, 6) is 0.511. The summed E-state index contributed by atoms with van der Waals surface area (Å²) in [5.41, 5.74) is 1.02. The third kappa shape index (κ3) is 4.70. The molecule has 1 amide bonds. The van der Waals surface area contributed by atoms with E-state index < -0.39 is 11.7 Å². The first-order chi connectivity index (χ1) is 14.0. The Bertz CT molecular complexity index is 1000. The van der Waals surface area contributed by atoms with Gasteiger partial charge in [-0.1, -0.05) is 6.07 Å². The third-order valence-electron chi connectivity index (χ3n) is 3.89. The minimum absolute atomic E-state index is 0.118. The van der Waals surface area contributed by atoms with Crippen molar-refractivity contribution in [1.82, 2.24) is 9.97 Å². The summed E-state index contributed by atoms with van der Waals surface area (Å²) < 4.78 is 29.1. The maximum Gasteiger partial charge on any atom is 0.274 e. The molecule has 0 aliphatic heterocycles. The lowest BCUT2D eigenvalue weighted by molar-refractivity contribution is 0.102. The molecule has 150 valence electrons. The normalized spacial score (nSPS) is 10.2. The summed E-state index contributed by atoms with van der Waals surface area (Å²) in [5, 5.41) is 5.58. The molecule has 0 aliphatic rings. The molecular formula is C20H19FN4O4. The van der Waals surface area contributed by atoms with Crippen LogP contribution in [0.2, 0.25) is 0 Å². The van der Waals surface area contributed by atoms with Crippen LogP contribution in [0.25, 0.3) is 0 Å². The van der Waals surface area contributed by atoms with Crippen LogP contribution in [0.4, 0.5) is 21.7 Å². The number of hydrogen-bond donors (Lipinski definition) is 2. The lowest BCUT2D eigenvalue weighted by atomic mass is 10.2. The molecule has 0 unspecified atom stereocenters. The van der Waals surface area contributed by atoms with Crippen molar-refractivity contribution in [2.75, 3.05) is 32.0 Å². The first kappa shape index (κ1) is 19.9. The summed E-state index contributed by atoms with van der Waals surface area (Å²) in [7, 11) is 4.46. The van der Waals surface area contributed by atoms with E-state index in [0.717, 1.165) is 0 Å². The van der Waals surface area contributed by atoms with Gasteiger partial charge in [-0.2, -0.15) is 0 Å². The number of anilines is 3. The standard InChI is InChI=1S/C20H19FN4O4/c1-27-16-10-14(11-17(28-2)18(16)29-3)23-19(26)15-7-8-22-20(25-15)24-13-6-4-5-12(21)9-13/h4-11H,1-3H3,(H,23,26)(H,22,24,25). The van der Waals surface area contributed by atoms with Crippen molar-refractivity contribution >= 4 is 23.2 Å². The van der Waals surface area contributed by atoms with Crippen molar-refractivity contribution in [1.29, 1.82) is 0 Å². The van der Waals surface area contributed by atoms with Gasteiger partial charge in [-0.05, 0) is 24.3 Å². The van der Waals surface area contributed by atoms with Gasteiger partial charge in [0.25, 0.3) is 5.91 Å². The Labute approximate surface area is 166 Å². The number of nitrogens with one attached hydrogen (secondary N) is 2. The molecular weight excluding hydrogens is 379 g/mol. The van der Waals surface area contributed by atoms with Crippen LogP contribution >= 0.6 is 0 Å². The number of rotatable bonds is 7. The number of halogens is 1. The first-order valence-corrected chi connectivity index (χ1v) is 8.51. The van der Waals surface area contributed by atoms with E-state index in [9.17, 15) is 9.18 Å². The number of hydrogen-bond acceptors (Lipinski definition) is 7. The van der Waals surface area contributed by atoms with E-state index >= 15 is 0 Å². The molecule has 1 heterocycles. The van der Waals surface area contributed by atoms with Crippen LogP contribution in [0.1, 0.15) is 10.5 Å². The Morgan fingerprint density at radius 3 is 2.31 bits per heavy atom. The third-order valence-corrected chi connectivity index (χ3v) is 3.89. The highest BCUT2D eigenvalue weighted by atomic mass is 19.1. The van der Waals surface area contributed by atoms with Crippen LogP contribution in [-0.4, -0.2) is 37.2 Å². The van der Waals surface area contributed by atoms with Crippen LogP contribution in [0.3, 0.4) is 0 Å². The summed E-state index contributed by atoms with van der Waals surface area (Å²) in [4.78, 5) is 20.8. The molecule has 0 fully saturated rings. The molecule has 1 aromatic heterocycles. The van der Waals surface area contributed by atoms with Gasteiger partial charge in [-0.15, -0.1) is 0 Å². The summed E-state index contributed by atoms with van der Waals surface area (Å²) in [6.45, 7) is 0. The second-order valence-electron chi connectivity index (χ2n) is 5.77. The van der Waals surface area contributed by atoms with Gasteiger partial charge < -0.3 is 24.8 Å². The topological polar surface area (TPSA) is 94.6 Å². The zero-order valence-corrected chi connectivity index (χ0v) is 16.0. The molecule has 0 atom stereocenters. The monoisotopic (exact) mass is 398 g/mol. The number of benzene rings is 2. The van der Waals surface area contributed by atoms with Gasteiger partial charge in [-0.25, -0.2) is 14.4 Å². The lowest BCUT2D eigenvalue weighted by Crippen LogP contribution is -2.15. The number of nitrogens with zero attached hydrogens (tertiary/aromatic N) is 2. The largest absolute Gasteiger partial charge is 0.493 e. The summed E-state index contributed by atoms with van der Waals surface area (Å²) in [6.07, 6.45) is 1.43. The quantitative estimate of drug-likeness (QED) is 0.627. The predicted octanol–water partition coefficient (Wildman–Crippen LogP) is 3.64. The van der Waals surface area contributed by atoms with Crippen molar-refractivity contribution in [3.63, 3.8) is 0 Å². The van der Waals surface area contributed by atoms with Gasteiger partial charge in [-0.3, -0.25) is 4.79 Å². The minimum atomic E-state index is -0.469. The van der Waals surface area contributed by atoms with E-state index in [0.29, 0.717) is 28.6 Å². The zero-order valence-electron chi connectivity index (χ0n) is 16.0. The molecule has 0 bridgehead atoms. The molecule has 2 aromatic carbocycles.